The van der Waals surface area contributed by atoms with E-state index in [4.69, 9.17) is 4.74 Å². The standard InChI is InChI=1S/C15H18N2OS/c1-15(2)7-13(16-8-11-9-19-10-17-11)12-5-3-4-6-14(12)18-15/h3-6,9-10,13,16H,7-8H2,1-2H3. The van der Waals surface area contributed by atoms with Crippen LogP contribution in [0.5, 0.6) is 5.75 Å². The molecular formula is C15H18N2OS. The molecule has 2 heterocycles. The lowest BCUT2D eigenvalue weighted by molar-refractivity contribution is 0.0656. The van der Waals surface area contributed by atoms with Crippen molar-refractivity contribution in [1.29, 1.82) is 0 Å². The third-order valence-electron chi connectivity index (χ3n) is 3.39. The van der Waals surface area contributed by atoms with E-state index in [-0.39, 0.29) is 5.60 Å². The fraction of sp³-hybridized carbons (Fsp3) is 0.400. The molecule has 1 aliphatic heterocycles. The van der Waals surface area contributed by atoms with Crippen molar-refractivity contribution in [3.63, 3.8) is 0 Å². The molecule has 19 heavy (non-hydrogen) atoms. The van der Waals surface area contributed by atoms with Gasteiger partial charge in [-0.15, -0.1) is 11.3 Å². The number of nitrogens with one attached hydrogen (secondary N) is 1. The first-order valence-corrected chi connectivity index (χ1v) is 7.47. The van der Waals surface area contributed by atoms with Crippen LogP contribution in [0.4, 0.5) is 0 Å². The van der Waals surface area contributed by atoms with Crippen LogP contribution in [0, 0.1) is 0 Å². The Morgan fingerprint density at radius 2 is 2.26 bits per heavy atom. The fourth-order valence-corrected chi connectivity index (χ4v) is 3.10. The molecule has 0 aliphatic carbocycles. The van der Waals surface area contributed by atoms with E-state index in [1.165, 1.54) is 5.56 Å². The van der Waals surface area contributed by atoms with Gasteiger partial charge in [-0.3, -0.25) is 0 Å². The highest BCUT2D eigenvalue weighted by atomic mass is 32.1. The summed E-state index contributed by atoms with van der Waals surface area (Å²) in [6, 6.07) is 8.61. The second-order valence-corrected chi connectivity index (χ2v) is 6.24. The third kappa shape index (κ3) is 2.80. The van der Waals surface area contributed by atoms with Gasteiger partial charge in [0.1, 0.15) is 11.4 Å². The summed E-state index contributed by atoms with van der Waals surface area (Å²) in [5.74, 6) is 0.995. The lowest BCUT2D eigenvalue weighted by Gasteiger charge is -2.38. The molecule has 0 radical (unpaired) electrons. The van der Waals surface area contributed by atoms with Crippen LogP contribution in [0.15, 0.2) is 35.2 Å². The first-order chi connectivity index (χ1) is 9.14. The van der Waals surface area contributed by atoms with Crippen molar-refractivity contribution in [2.45, 2.75) is 38.5 Å². The van der Waals surface area contributed by atoms with Gasteiger partial charge in [0.15, 0.2) is 0 Å². The van der Waals surface area contributed by atoms with Gasteiger partial charge in [-0.2, -0.15) is 0 Å². The molecule has 4 heteroatoms. The quantitative estimate of drug-likeness (QED) is 0.929. The predicted octanol–water partition coefficient (Wildman–Crippen LogP) is 3.54. The second kappa shape index (κ2) is 4.94. The monoisotopic (exact) mass is 274 g/mol. The maximum absolute atomic E-state index is 6.03. The minimum Gasteiger partial charge on any atom is -0.487 e. The molecule has 0 spiro atoms. The van der Waals surface area contributed by atoms with E-state index in [1.54, 1.807) is 11.3 Å². The van der Waals surface area contributed by atoms with E-state index in [1.807, 2.05) is 17.6 Å². The molecule has 0 fully saturated rings. The molecule has 1 atom stereocenters. The lowest BCUT2D eigenvalue weighted by atomic mass is 9.89. The molecule has 3 nitrogen and oxygen atoms in total. The van der Waals surface area contributed by atoms with Crippen molar-refractivity contribution in [1.82, 2.24) is 10.3 Å². The summed E-state index contributed by atoms with van der Waals surface area (Å²) in [4.78, 5) is 4.32. The Bertz CT molecular complexity index is 551. The van der Waals surface area contributed by atoms with Crippen molar-refractivity contribution in [3.05, 3.63) is 46.4 Å². The van der Waals surface area contributed by atoms with Gasteiger partial charge in [0.25, 0.3) is 0 Å². The SMILES string of the molecule is CC1(C)CC(NCc2cscn2)c2ccccc2O1. The van der Waals surface area contributed by atoms with Gasteiger partial charge in [0.2, 0.25) is 0 Å². The van der Waals surface area contributed by atoms with Crippen LogP contribution >= 0.6 is 11.3 Å². The maximum Gasteiger partial charge on any atom is 0.124 e. The number of ether oxygens (including phenoxy) is 1. The van der Waals surface area contributed by atoms with Crippen molar-refractivity contribution in [3.8, 4) is 5.75 Å². The molecule has 1 aromatic carbocycles. The summed E-state index contributed by atoms with van der Waals surface area (Å²) < 4.78 is 6.03. The van der Waals surface area contributed by atoms with Crippen molar-refractivity contribution >= 4 is 11.3 Å². The zero-order chi connectivity index (χ0) is 13.3. The van der Waals surface area contributed by atoms with Crippen molar-refractivity contribution < 1.29 is 4.74 Å². The number of rotatable bonds is 3. The molecule has 1 N–H and O–H groups in total. The maximum atomic E-state index is 6.03. The van der Waals surface area contributed by atoms with Gasteiger partial charge >= 0.3 is 0 Å². The van der Waals surface area contributed by atoms with E-state index in [0.29, 0.717) is 6.04 Å². The van der Waals surface area contributed by atoms with E-state index in [2.05, 4.69) is 41.7 Å². The average molecular weight is 274 g/mol. The highest BCUT2D eigenvalue weighted by molar-refractivity contribution is 7.07. The number of para-hydroxylation sites is 1. The van der Waals surface area contributed by atoms with Crippen molar-refractivity contribution in [2.24, 2.45) is 0 Å². The average Bonchev–Trinajstić information content (AvgIpc) is 2.87. The molecule has 1 unspecified atom stereocenters. The van der Waals surface area contributed by atoms with E-state index in [0.717, 1.165) is 24.4 Å². The molecule has 0 bridgehead atoms. The van der Waals surface area contributed by atoms with Gasteiger partial charge in [-0.25, -0.2) is 4.98 Å². The summed E-state index contributed by atoms with van der Waals surface area (Å²) in [6.45, 7) is 5.08. The molecule has 0 saturated carbocycles. The van der Waals surface area contributed by atoms with Gasteiger partial charge < -0.3 is 10.1 Å². The largest absolute Gasteiger partial charge is 0.487 e. The predicted molar refractivity (Wildman–Crippen MR) is 77.5 cm³/mol. The smallest absolute Gasteiger partial charge is 0.124 e. The Balaban J connectivity index is 1.80. The summed E-state index contributed by atoms with van der Waals surface area (Å²) in [5.41, 5.74) is 4.09. The highest BCUT2D eigenvalue weighted by Crippen LogP contribution is 2.39. The minimum atomic E-state index is -0.131. The Morgan fingerprint density at radius 3 is 3.05 bits per heavy atom. The van der Waals surface area contributed by atoms with Gasteiger partial charge in [0, 0.05) is 30.0 Å². The summed E-state index contributed by atoms with van der Waals surface area (Å²) in [6.07, 6.45) is 0.966. The number of aromatic nitrogens is 1. The zero-order valence-electron chi connectivity index (χ0n) is 11.2. The molecule has 0 amide bonds. The van der Waals surface area contributed by atoms with Gasteiger partial charge in [-0.1, -0.05) is 18.2 Å². The topological polar surface area (TPSA) is 34.2 Å². The fourth-order valence-electron chi connectivity index (χ4n) is 2.54. The first-order valence-electron chi connectivity index (χ1n) is 6.52. The van der Waals surface area contributed by atoms with E-state index >= 15 is 0 Å². The summed E-state index contributed by atoms with van der Waals surface area (Å²) in [5, 5.41) is 5.69. The Kier molecular flexibility index (Phi) is 3.29. The van der Waals surface area contributed by atoms with Crippen LogP contribution in [0.3, 0.4) is 0 Å². The number of fused-ring (bicyclic) bond motifs is 1. The van der Waals surface area contributed by atoms with Crippen LogP contribution < -0.4 is 10.1 Å². The molecule has 100 valence electrons. The first kappa shape index (κ1) is 12.6. The van der Waals surface area contributed by atoms with Gasteiger partial charge in [-0.05, 0) is 19.9 Å². The lowest BCUT2D eigenvalue weighted by Crippen LogP contribution is -2.39. The minimum absolute atomic E-state index is 0.131. The number of benzene rings is 1. The Hall–Kier alpha value is -1.39. The normalized spacial score (nSPS) is 20.6. The summed E-state index contributed by atoms with van der Waals surface area (Å²) in [7, 11) is 0. The molecule has 0 saturated heterocycles. The van der Waals surface area contributed by atoms with Crippen molar-refractivity contribution in [2.75, 3.05) is 0 Å². The number of nitrogens with zero attached hydrogens (tertiary/aromatic N) is 1. The number of thiazole rings is 1. The van der Waals surface area contributed by atoms with Crippen LogP contribution in [0.25, 0.3) is 0 Å². The van der Waals surface area contributed by atoms with E-state index in [9.17, 15) is 0 Å². The Labute approximate surface area is 117 Å². The third-order valence-corrected chi connectivity index (χ3v) is 4.02. The molecule has 1 aromatic heterocycles. The zero-order valence-corrected chi connectivity index (χ0v) is 12.0. The van der Waals surface area contributed by atoms with Crippen LogP contribution in [-0.4, -0.2) is 10.6 Å². The highest BCUT2D eigenvalue weighted by Gasteiger charge is 2.33. The molecule has 2 aromatic rings. The number of hydrogen-bond acceptors (Lipinski definition) is 4. The van der Waals surface area contributed by atoms with Gasteiger partial charge in [0.05, 0.1) is 11.2 Å². The van der Waals surface area contributed by atoms with Crippen LogP contribution in [0.1, 0.15) is 37.6 Å². The molecular weight excluding hydrogens is 256 g/mol. The van der Waals surface area contributed by atoms with Crippen LogP contribution in [-0.2, 0) is 6.54 Å². The van der Waals surface area contributed by atoms with E-state index < -0.39 is 0 Å². The Morgan fingerprint density at radius 1 is 1.42 bits per heavy atom. The van der Waals surface area contributed by atoms with Crippen LogP contribution in [0.2, 0.25) is 0 Å². The number of hydrogen-bond donors (Lipinski definition) is 1. The molecule has 3 rings (SSSR count). The summed E-state index contributed by atoms with van der Waals surface area (Å²) >= 11 is 1.64. The molecule has 1 aliphatic rings. The second-order valence-electron chi connectivity index (χ2n) is 5.52.